The number of urea groups is 1. The molecule has 18 heavy (non-hydrogen) atoms. The second-order valence-electron chi connectivity index (χ2n) is 3.94. The fourth-order valence-corrected chi connectivity index (χ4v) is 1.29. The van der Waals surface area contributed by atoms with Crippen molar-refractivity contribution >= 4 is 12.0 Å². The highest BCUT2D eigenvalue weighted by Crippen LogP contribution is 1.98. The van der Waals surface area contributed by atoms with Crippen LogP contribution in [0.3, 0.4) is 0 Å². The van der Waals surface area contributed by atoms with Crippen LogP contribution in [-0.2, 0) is 11.2 Å². The highest BCUT2D eigenvalue weighted by molar-refractivity contribution is 5.75. The van der Waals surface area contributed by atoms with Crippen molar-refractivity contribution in [2.75, 3.05) is 20.1 Å². The van der Waals surface area contributed by atoms with Gasteiger partial charge in [0.05, 0.1) is 5.92 Å². The first-order chi connectivity index (χ1) is 8.50. The van der Waals surface area contributed by atoms with Gasteiger partial charge in [0.1, 0.15) is 0 Å². The van der Waals surface area contributed by atoms with Gasteiger partial charge in [0.25, 0.3) is 0 Å². The summed E-state index contributed by atoms with van der Waals surface area (Å²) in [5, 5.41) is 14.8. The third kappa shape index (κ3) is 4.40. The Morgan fingerprint density at radius 1 is 1.61 bits per heavy atom. The van der Waals surface area contributed by atoms with Crippen LogP contribution >= 0.6 is 0 Å². The van der Waals surface area contributed by atoms with Crippen molar-refractivity contribution in [1.82, 2.24) is 20.4 Å². The number of nitrogens with one attached hydrogen (secondary N) is 1. The quantitative estimate of drug-likeness (QED) is 0.740. The molecule has 0 radical (unpaired) electrons. The van der Waals surface area contributed by atoms with Crippen molar-refractivity contribution in [3.05, 3.63) is 12.2 Å². The molecule has 1 aromatic heterocycles. The second kappa shape index (κ2) is 6.58. The number of rotatable bonds is 6. The molecule has 1 atom stereocenters. The van der Waals surface area contributed by atoms with Crippen molar-refractivity contribution in [1.29, 1.82) is 0 Å². The molecule has 0 aromatic carbocycles. The Balaban J connectivity index is 2.25. The molecule has 100 valence electrons. The lowest BCUT2D eigenvalue weighted by molar-refractivity contribution is -0.141. The molecule has 1 unspecified atom stereocenters. The van der Waals surface area contributed by atoms with Gasteiger partial charge in [-0.05, 0) is 0 Å². The summed E-state index contributed by atoms with van der Waals surface area (Å²) in [5.74, 6) is -1.09. The first-order valence-corrected chi connectivity index (χ1v) is 5.48. The van der Waals surface area contributed by atoms with E-state index in [4.69, 9.17) is 9.63 Å². The maximum absolute atomic E-state index is 11.6. The summed E-state index contributed by atoms with van der Waals surface area (Å²) in [7, 11) is 1.54. The van der Waals surface area contributed by atoms with Gasteiger partial charge in [-0.15, -0.1) is 0 Å². The van der Waals surface area contributed by atoms with E-state index in [0.717, 1.165) is 0 Å². The maximum Gasteiger partial charge on any atom is 0.317 e. The number of carbonyl (C=O) groups is 2. The van der Waals surface area contributed by atoms with Gasteiger partial charge < -0.3 is 19.8 Å². The normalized spacial score (nSPS) is 11.9. The number of carboxylic acid groups (broad SMARTS) is 1. The molecule has 0 fully saturated rings. The van der Waals surface area contributed by atoms with Crippen LogP contribution in [0.1, 0.15) is 12.8 Å². The Morgan fingerprint density at radius 3 is 2.89 bits per heavy atom. The van der Waals surface area contributed by atoms with Crippen molar-refractivity contribution in [2.45, 2.75) is 13.3 Å². The maximum atomic E-state index is 11.6. The third-order valence-electron chi connectivity index (χ3n) is 2.34. The van der Waals surface area contributed by atoms with Gasteiger partial charge in [-0.2, -0.15) is 4.98 Å². The standard InChI is InChI=1S/C10H16N4O4/c1-7(9(15)16)5-14(2)10(17)11-4-3-8-12-6-13-18-8/h6-7H,3-5H2,1-2H3,(H,11,17)(H,15,16). The van der Waals surface area contributed by atoms with Crippen LogP contribution < -0.4 is 5.32 Å². The second-order valence-corrected chi connectivity index (χ2v) is 3.94. The lowest BCUT2D eigenvalue weighted by Gasteiger charge is -2.19. The monoisotopic (exact) mass is 256 g/mol. The molecule has 0 saturated carbocycles. The van der Waals surface area contributed by atoms with Crippen LogP contribution in [0.2, 0.25) is 0 Å². The van der Waals surface area contributed by atoms with E-state index in [1.165, 1.54) is 11.2 Å². The first kappa shape index (κ1) is 13.9. The number of aliphatic carboxylic acids is 1. The van der Waals surface area contributed by atoms with E-state index in [1.807, 2.05) is 0 Å². The number of hydrogen-bond acceptors (Lipinski definition) is 5. The Bertz CT molecular complexity index is 393. The third-order valence-corrected chi connectivity index (χ3v) is 2.34. The van der Waals surface area contributed by atoms with Crippen LogP contribution in [-0.4, -0.2) is 52.3 Å². The molecule has 1 heterocycles. The van der Waals surface area contributed by atoms with Gasteiger partial charge in [0.15, 0.2) is 6.33 Å². The predicted octanol–water partition coefficient (Wildman–Crippen LogP) is -0.0258. The summed E-state index contributed by atoms with van der Waals surface area (Å²) < 4.78 is 4.77. The van der Waals surface area contributed by atoms with E-state index >= 15 is 0 Å². The molecule has 0 aliphatic rings. The summed E-state index contributed by atoms with van der Waals surface area (Å²) in [6, 6.07) is -0.331. The van der Waals surface area contributed by atoms with Crippen molar-refractivity contribution < 1.29 is 19.2 Å². The first-order valence-electron chi connectivity index (χ1n) is 5.48. The van der Waals surface area contributed by atoms with E-state index in [9.17, 15) is 9.59 Å². The average molecular weight is 256 g/mol. The molecule has 0 spiro atoms. The largest absolute Gasteiger partial charge is 0.481 e. The lowest BCUT2D eigenvalue weighted by Crippen LogP contribution is -2.41. The number of amides is 2. The Morgan fingerprint density at radius 2 is 2.33 bits per heavy atom. The smallest absolute Gasteiger partial charge is 0.317 e. The van der Waals surface area contributed by atoms with E-state index < -0.39 is 11.9 Å². The number of aromatic nitrogens is 2. The molecule has 1 rings (SSSR count). The van der Waals surface area contributed by atoms with Crippen molar-refractivity contribution in [2.24, 2.45) is 5.92 Å². The van der Waals surface area contributed by atoms with Crippen LogP contribution in [0, 0.1) is 5.92 Å². The van der Waals surface area contributed by atoms with Gasteiger partial charge in [0.2, 0.25) is 5.89 Å². The molecule has 8 nitrogen and oxygen atoms in total. The Labute approximate surface area is 104 Å². The SMILES string of the molecule is CC(CN(C)C(=O)NCCc1ncno1)C(=O)O. The van der Waals surface area contributed by atoms with Crippen molar-refractivity contribution in [3.8, 4) is 0 Å². The van der Waals surface area contributed by atoms with E-state index in [2.05, 4.69) is 15.5 Å². The van der Waals surface area contributed by atoms with Crippen LogP contribution in [0.5, 0.6) is 0 Å². The zero-order valence-electron chi connectivity index (χ0n) is 10.3. The number of carboxylic acids is 1. The predicted molar refractivity (Wildman–Crippen MR) is 60.8 cm³/mol. The zero-order valence-corrected chi connectivity index (χ0v) is 10.3. The van der Waals surface area contributed by atoms with Crippen LogP contribution in [0.15, 0.2) is 10.9 Å². The fourth-order valence-electron chi connectivity index (χ4n) is 1.29. The molecular weight excluding hydrogens is 240 g/mol. The summed E-state index contributed by atoms with van der Waals surface area (Å²) in [4.78, 5) is 27.4. The van der Waals surface area contributed by atoms with E-state index in [1.54, 1.807) is 14.0 Å². The summed E-state index contributed by atoms with van der Waals surface area (Å²) in [5.41, 5.74) is 0. The van der Waals surface area contributed by atoms with Crippen LogP contribution in [0.4, 0.5) is 4.79 Å². The average Bonchev–Trinajstić information content (AvgIpc) is 2.81. The molecule has 1 aromatic rings. The highest BCUT2D eigenvalue weighted by atomic mass is 16.5. The Kier molecular flexibility index (Phi) is 5.09. The highest BCUT2D eigenvalue weighted by Gasteiger charge is 2.16. The molecular formula is C10H16N4O4. The topological polar surface area (TPSA) is 109 Å². The number of nitrogens with zero attached hydrogens (tertiary/aromatic N) is 3. The fraction of sp³-hybridized carbons (Fsp3) is 0.600. The number of carbonyl (C=O) groups excluding carboxylic acids is 1. The van der Waals surface area contributed by atoms with Gasteiger partial charge in [-0.25, -0.2) is 4.79 Å². The minimum Gasteiger partial charge on any atom is -0.481 e. The Hall–Kier alpha value is -2.12. The molecule has 8 heteroatoms. The molecule has 0 saturated heterocycles. The van der Waals surface area contributed by atoms with Crippen LogP contribution in [0.25, 0.3) is 0 Å². The lowest BCUT2D eigenvalue weighted by atomic mass is 10.2. The van der Waals surface area contributed by atoms with Gasteiger partial charge in [-0.1, -0.05) is 12.1 Å². The van der Waals surface area contributed by atoms with E-state index in [-0.39, 0.29) is 12.6 Å². The zero-order chi connectivity index (χ0) is 13.5. The molecule has 2 amide bonds. The summed E-state index contributed by atoms with van der Waals surface area (Å²) in [6.07, 6.45) is 1.73. The minimum atomic E-state index is -0.930. The van der Waals surface area contributed by atoms with E-state index in [0.29, 0.717) is 18.9 Å². The van der Waals surface area contributed by atoms with Gasteiger partial charge in [0, 0.05) is 26.6 Å². The molecule has 2 N–H and O–H groups in total. The molecule has 0 aliphatic carbocycles. The van der Waals surface area contributed by atoms with Gasteiger partial charge in [-0.3, -0.25) is 4.79 Å². The summed E-state index contributed by atoms with van der Waals surface area (Å²) in [6.45, 7) is 2.05. The number of hydrogen-bond donors (Lipinski definition) is 2. The molecule has 0 aliphatic heterocycles. The molecule has 0 bridgehead atoms. The van der Waals surface area contributed by atoms with Gasteiger partial charge >= 0.3 is 12.0 Å². The summed E-state index contributed by atoms with van der Waals surface area (Å²) >= 11 is 0. The minimum absolute atomic E-state index is 0.154. The van der Waals surface area contributed by atoms with Crippen molar-refractivity contribution in [3.63, 3.8) is 0 Å².